The highest BCUT2D eigenvalue weighted by Crippen LogP contribution is 2.33. The van der Waals surface area contributed by atoms with Crippen molar-refractivity contribution in [2.24, 2.45) is 5.41 Å². The fraction of sp³-hybridized carbons (Fsp3) is 0.941. The number of likely N-dealkylation sites (tertiary alicyclic amines) is 1. The summed E-state index contributed by atoms with van der Waals surface area (Å²) in [5, 5.41) is 6.66. The second-order valence-corrected chi connectivity index (χ2v) is 8.72. The van der Waals surface area contributed by atoms with Crippen LogP contribution < -0.4 is 10.6 Å². The van der Waals surface area contributed by atoms with Crippen molar-refractivity contribution < 1.29 is 4.79 Å². The Morgan fingerprint density at radius 2 is 1.81 bits per heavy atom. The lowest BCUT2D eigenvalue weighted by molar-refractivity contribution is -0.127. The first-order chi connectivity index (χ1) is 9.58. The van der Waals surface area contributed by atoms with Crippen LogP contribution in [0, 0.1) is 5.41 Å². The molecule has 2 rings (SSSR count). The predicted octanol–water partition coefficient (Wildman–Crippen LogP) is 2.14. The van der Waals surface area contributed by atoms with E-state index in [9.17, 15) is 4.79 Å². The number of carbonyl (C=O) groups excluding carboxylic acids is 1. The van der Waals surface area contributed by atoms with E-state index in [0.29, 0.717) is 18.6 Å². The van der Waals surface area contributed by atoms with Gasteiger partial charge in [0.2, 0.25) is 5.91 Å². The molecule has 122 valence electrons. The maximum Gasteiger partial charge on any atom is 0.239 e. The molecule has 0 aromatic carbocycles. The van der Waals surface area contributed by atoms with E-state index in [1.165, 1.54) is 12.8 Å². The highest BCUT2D eigenvalue weighted by Gasteiger charge is 2.41. The molecule has 0 radical (unpaired) electrons. The topological polar surface area (TPSA) is 44.4 Å². The summed E-state index contributed by atoms with van der Waals surface area (Å²) in [7, 11) is 0. The second-order valence-electron chi connectivity index (χ2n) is 8.72. The Bertz CT molecular complexity index is 382. The largest absolute Gasteiger partial charge is 0.354 e. The average molecular weight is 295 g/mol. The normalized spacial score (nSPS) is 27.9. The molecule has 0 aromatic rings. The van der Waals surface area contributed by atoms with Crippen molar-refractivity contribution in [3.05, 3.63) is 0 Å². The van der Waals surface area contributed by atoms with E-state index in [-0.39, 0.29) is 11.3 Å². The van der Waals surface area contributed by atoms with Gasteiger partial charge in [-0.05, 0) is 45.4 Å². The molecule has 0 unspecified atom stereocenters. The Morgan fingerprint density at radius 1 is 1.19 bits per heavy atom. The summed E-state index contributed by atoms with van der Waals surface area (Å²) in [4.78, 5) is 15.0. The lowest BCUT2D eigenvalue weighted by atomic mass is 9.95. The first-order valence-electron chi connectivity index (χ1n) is 8.40. The zero-order valence-electron chi connectivity index (χ0n) is 14.6. The molecule has 2 atom stereocenters. The van der Waals surface area contributed by atoms with E-state index in [1.807, 2.05) is 13.8 Å². The third-order valence-electron chi connectivity index (χ3n) is 4.55. The Kier molecular flexibility index (Phi) is 4.69. The average Bonchev–Trinajstić information content (AvgIpc) is 3.10. The van der Waals surface area contributed by atoms with Crippen molar-refractivity contribution in [3.8, 4) is 0 Å². The first kappa shape index (κ1) is 16.8. The second kappa shape index (κ2) is 5.88. The molecule has 0 spiro atoms. The lowest BCUT2D eigenvalue weighted by Crippen LogP contribution is -2.57. The molecule has 2 aliphatic rings. The molecule has 4 heteroatoms. The van der Waals surface area contributed by atoms with Crippen LogP contribution in [-0.4, -0.2) is 47.6 Å². The van der Waals surface area contributed by atoms with Crippen molar-refractivity contribution >= 4 is 5.91 Å². The number of nitrogens with zero attached hydrogens (tertiary/aromatic N) is 1. The number of nitrogens with one attached hydrogen (secondary N) is 2. The molecule has 0 bridgehead atoms. The van der Waals surface area contributed by atoms with Crippen LogP contribution in [0.25, 0.3) is 0 Å². The molecule has 1 aliphatic carbocycles. The van der Waals surface area contributed by atoms with Crippen LogP contribution in [0.1, 0.15) is 60.8 Å². The molecule has 1 aliphatic heterocycles. The summed E-state index contributed by atoms with van der Waals surface area (Å²) in [5.41, 5.74) is -0.383. The number of hydrogen-bond donors (Lipinski definition) is 2. The van der Waals surface area contributed by atoms with Crippen LogP contribution in [0.2, 0.25) is 0 Å². The fourth-order valence-corrected chi connectivity index (χ4v) is 3.22. The molecule has 0 aromatic heterocycles. The van der Waals surface area contributed by atoms with Gasteiger partial charge in [-0.3, -0.25) is 15.0 Å². The minimum atomic E-state index is -0.505. The molecule has 2 N–H and O–H groups in total. The van der Waals surface area contributed by atoms with Crippen molar-refractivity contribution in [2.45, 2.75) is 84.5 Å². The van der Waals surface area contributed by atoms with E-state index < -0.39 is 5.54 Å². The van der Waals surface area contributed by atoms with Gasteiger partial charge in [-0.25, -0.2) is 0 Å². The van der Waals surface area contributed by atoms with Gasteiger partial charge in [0.15, 0.2) is 0 Å². The monoisotopic (exact) mass is 295 g/mol. The maximum atomic E-state index is 12.4. The summed E-state index contributed by atoms with van der Waals surface area (Å²) in [6.07, 6.45) is 3.85. The van der Waals surface area contributed by atoms with Crippen molar-refractivity contribution in [2.75, 3.05) is 13.1 Å². The number of rotatable bonds is 5. The lowest BCUT2D eigenvalue weighted by Gasteiger charge is -2.30. The maximum absolute atomic E-state index is 12.4. The van der Waals surface area contributed by atoms with Gasteiger partial charge in [-0.1, -0.05) is 20.8 Å². The molecule has 21 heavy (non-hydrogen) atoms. The zero-order chi connectivity index (χ0) is 15.8. The quantitative estimate of drug-likeness (QED) is 0.817. The summed E-state index contributed by atoms with van der Waals surface area (Å²) in [6.45, 7) is 14.5. The van der Waals surface area contributed by atoms with Crippen molar-refractivity contribution in [1.82, 2.24) is 15.5 Å². The van der Waals surface area contributed by atoms with Gasteiger partial charge in [-0.2, -0.15) is 0 Å². The molecule has 1 heterocycles. The van der Waals surface area contributed by atoms with Gasteiger partial charge in [0, 0.05) is 31.2 Å². The van der Waals surface area contributed by atoms with Gasteiger partial charge in [0.1, 0.15) is 0 Å². The highest BCUT2D eigenvalue weighted by atomic mass is 16.2. The summed E-state index contributed by atoms with van der Waals surface area (Å²) in [6, 6.07) is 1.88. The SMILES string of the molecule is C[C@@H]1C[C@@H](NC(C)(C)C(=O)NCC(C)(C)C)CN1C1CC1. The van der Waals surface area contributed by atoms with Crippen LogP contribution in [0.5, 0.6) is 0 Å². The van der Waals surface area contributed by atoms with E-state index in [0.717, 1.165) is 19.0 Å². The third kappa shape index (κ3) is 4.68. The van der Waals surface area contributed by atoms with Crippen molar-refractivity contribution in [1.29, 1.82) is 0 Å². The summed E-state index contributed by atoms with van der Waals surface area (Å²) < 4.78 is 0. The fourth-order valence-electron chi connectivity index (χ4n) is 3.22. The molecule has 2 fully saturated rings. The van der Waals surface area contributed by atoms with Gasteiger partial charge >= 0.3 is 0 Å². The minimum absolute atomic E-state index is 0.106. The van der Waals surface area contributed by atoms with Gasteiger partial charge in [0.05, 0.1) is 5.54 Å². The molecule has 1 amide bonds. The Balaban J connectivity index is 1.84. The van der Waals surface area contributed by atoms with Crippen LogP contribution in [0.15, 0.2) is 0 Å². The predicted molar refractivity (Wildman–Crippen MR) is 87.3 cm³/mol. The highest BCUT2D eigenvalue weighted by molar-refractivity contribution is 5.85. The van der Waals surface area contributed by atoms with E-state index in [4.69, 9.17) is 0 Å². The van der Waals surface area contributed by atoms with E-state index >= 15 is 0 Å². The van der Waals surface area contributed by atoms with Gasteiger partial charge in [-0.15, -0.1) is 0 Å². The molecule has 1 saturated carbocycles. The van der Waals surface area contributed by atoms with E-state index in [1.54, 1.807) is 0 Å². The first-order valence-corrected chi connectivity index (χ1v) is 8.40. The van der Waals surface area contributed by atoms with Crippen LogP contribution in [0.3, 0.4) is 0 Å². The summed E-state index contributed by atoms with van der Waals surface area (Å²) in [5.74, 6) is 0.106. The Labute approximate surface area is 130 Å². The molecule has 1 saturated heterocycles. The minimum Gasteiger partial charge on any atom is -0.354 e. The Hall–Kier alpha value is -0.610. The molecular formula is C17H33N3O. The smallest absolute Gasteiger partial charge is 0.239 e. The summed E-state index contributed by atoms with van der Waals surface area (Å²) >= 11 is 0. The molecular weight excluding hydrogens is 262 g/mol. The van der Waals surface area contributed by atoms with Gasteiger partial charge in [0.25, 0.3) is 0 Å². The third-order valence-corrected chi connectivity index (χ3v) is 4.55. The number of carbonyl (C=O) groups is 1. The standard InChI is InChI=1S/C17H33N3O/c1-12-9-13(10-20(12)14-7-8-14)19-17(5,6)15(21)18-11-16(2,3)4/h12-14,19H,7-11H2,1-6H3,(H,18,21)/t12-,13-/m1/s1. The zero-order valence-corrected chi connectivity index (χ0v) is 14.6. The van der Waals surface area contributed by atoms with Crippen LogP contribution in [0.4, 0.5) is 0 Å². The molecule has 4 nitrogen and oxygen atoms in total. The Morgan fingerprint density at radius 3 is 2.33 bits per heavy atom. The van der Waals surface area contributed by atoms with E-state index in [2.05, 4.69) is 43.2 Å². The van der Waals surface area contributed by atoms with Crippen LogP contribution in [-0.2, 0) is 4.79 Å². The van der Waals surface area contributed by atoms with Crippen LogP contribution >= 0.6 is 0 Å². The van der Waals surface area contributed by atoms with Crippen molar-refractivity contribution in [3.63, 3.8) is 0 Å². The number of amides is 1. The van der Waals surface area contributed by atoms with Gasteiger partial charge < -0.3 is 5.32 Å². The number of hydrogen-bond acceptors (Lipinski definition) is 3.